The van der Waals surface area contributed by atoms with Crippen molar-refractivity contribution in [1.29, 1.82) is 0 Å². The van der Waals surface area contributed by atoms with Crippen LogP contribution < -0.4 is 0 Å². The molecule has 0 saturated heterocycles. The summed E-state index contributed by atoms with van der Waals surface area (Å²) in [5.74, 6) is -1.74. The molecule has 1 heterocycles. The van der Waals surface area contributed by atoms with Gasteiger partial charge in [0.15, 0.2) is 0 Å². The maximum atomic E-state index is 11.5. The lowest BCUT2D eigenvalue weighted by atomic mass is 9.84. The predicted octanol–water partition coefficient (Wildman–Crippen LogP) is 0.555. The maximum Gasteiger partial charge on any atom is 0.311 e. The molecule has 0 aromatic heterocycles. The van der Waals surface area contributed by atoms with Crippen LogP contribution in [0, 0.1) is 5.41 Å². The van der Waals surface area contributed by atoms with Gasteiger partial charge < -0.3 is 5.11 Å². The van der Waals surface area contributed by atoms with Crippen molar-refractivity contribution in [1.82, 2.24) is 4.90 Å². The van der Waals surface area contributed by atoms with E-state index in [-0.39, 0.29) is 0 Å². The van der Waals surface area contributed by atoms with Gasteiger partial charge in [0.2, 0.25) is 0 Å². The van der Waals surface area contributed by atoms with Gasteiger partial charge in [0.05, 0.1) is 11.5 Å². The molecule has 1 aliphatic carbocycles. The van der Waals surface area contributed by atoms with Crippen molar-refractivity contribution < 1.29 is 19.5 Å². The van der Waals surface area contributed by atoms with Crippen molar-refractivity contribution >= 4 is 17.8 Å². The van der Waals surface area contributed by atoms with E-state index in [4.69, 9.17) is 0 Å². The summed E-state index contributed by atoms with van der Waals surface area (Å²) in [5, 5.41) is 9.21. The van der Waals surface area contributed by atoms with Crippen molar-refractivity contribution in [3.63, 3.8) is 0 Å². The number of nitrogens with zero attached hydrogens (tertiary/aromatic N) is 1. The first-order valence-corrected chi connectivity index (χ1v) is 5.25. The van der Waals surface area contributed by atoms with E-state index in [1.54, 1.807) is 6.92 Å². The van der Waals surface area contributed by atoms with Gasteiger partial charge in [-0.25, -0.2) is 0 Å². The van der Waals surface area contributed by atoms with Crippen LogP contribution in [0.2, 0.25) is 0 Å². The Balaban J connectivity index is 2.31. The minimum atomic E-state index is -1.00. The Hall–Kier alpha value is -1.65. The van der Waals surface area contributed by atoms with Crippen LogP contribution in [0.1, 0.15) is 26.2 Å². The molecule has 2 atom stereocenters. The number of aliphatic carboxylic acids is 1. The van der Waals surface area contributed by atoms with E-state index in [0.29, 0.717) is 12.8 Å². The molecule has 2 unspecified atom stereocenters. The molecule has 2 rings (SSSR count). The monoisotopic (exact) mass is 223 g/mol. The first-order valence-electron chi connectivity index (χ1n) is 5.25. The van der Waals surface area contributed by atoms with Crippen LogP contribution in [0.25, 0.3) is 0 Å². The van der Waals surface area contributed by atoms with Crippen LogP contribution in [0.5, 0.6) is 0 Å². The number of amides is 2. The van der Waals surface area contributed by atoms with Crippen molar-refractivity contribution in [3.05, 3.63) is 12.2 Å². The zero-order valence-electron chi connectivity index (χ0n) is 8.97. The molecule has 0 bridgehead atoms. The largest absolute Gasteiger partial charge is 0.481 e. The van der Waals surface area contributed by atoms with Crippen LogP contribution in [-0.4, -0.2) is 33.8 Å². The van der Waals surface area contributed by atoms with E-state index >= 15 is 0 Å². The van der Waals surface area contributed by atoms with Crippen LogP contribution in [-0.2, 0) is 14.4 Å². The highest BCUT2D eigenvalue weighted by molar-refractivity contribution is 6.13. The van der Waals surface area contributed by atoms with Gasteiger partial charge in [-0.05, 0) is 19.8 Å². The molecular weight excluding hydrogens is 210 g/mol. The number of hydrogen-bond donors (Lipinski definition) is 1. The standard InChI is InChI=1S/C11H13NO4/c1-11(10(15)16)6-2-3-7(11)12-8(13)4-5-9(12)14/h4-5,7H,2-3,6H2,1H3,(H,15,16). The Bertz CT molecular complexity index is 383. The number of hydrogen-bond acceptors (Lipinski definition) is 3. The van der Waals surface area contributed by atoms with Crippen molar-refractivity contribution in [3.8, 4) is 0 Å². The SMILES string of the molecule is CC1(C(=O)O)CCCC1N1C(=O)C=CC1=O. The minimum Gasteiger partial charge on any atom is -0.481 e. The Labute approximate surface area is 92.7 Å². The summed E-state index contributed by atoms with van der Waals surface area (Å²) in [7, 11) is 0. The molecule has 2 aliphatic rings. The lowest BCUT2D eigenvalue weighted by Crippen LogP contribution is -2.49. The fourth-order valence-corrected chi connectivity index (χ4v) is 2.53. The van der Waals surface area contributed by atoms with Gasteiger partial charge in [-0.2, -0.15) is 0 Å². The third-order valence-corrected chi connectivity index (χ3v) is 3.55. The summed E-state index contributed by atoms with van der Waals surface area (Å²) in [6.45, 7) is 1.60. The molecule has 1 aliphatic heterocycles. The molecule has 0 radical (unpaired) electrons. The fourth-order valence-electron chi connectivity index (χ4n) is 2.53. The maximum absolute atomic E-state index is 11.5. The van der Waals surface area contributed by atoms with E-state index in [9.17, 15) is 19.5 Å². The molecular formula is C11H13NO4. The molecule has 2 amide bonds. The summed E-state index contributed by atoms with van der Waals surface area (Å²) in [6, 6.07) is -0.514. The molecule has 0 spiro atoms. The highest BCUT2D eigenvalue weighted by Gasteiger charge is 2.51. The third kappa shape index (κ3) is 1.35. The lowest BCUT2D eigenvalue weighted by Gasteiger charge is -2.32. The van der Waals surface area contributed by atoms with E-state index < -0.39 is 29.2 Å². The smallest absolute Gasteiger partial charge is 0.311 e. The zero-order chi connectivity index (χ0) is 11.9. The van der Waals surface area contributed by atoms with E-state index in [2.05, 4.69) is 0 Å². The molecule has 0 aromatic carbocycles. The Morgan fingerprint density at radius 1 is 1.44 bits per heavy atom. The summed E-state index contributed by atoms with van der Waals surface area (Å²) < 4.78 is 0. The predicted molar refractivity (Wildman–Crippen MR) is 54.4 cm³/mol. The van der Waals surface area contributed by atoms with Crippen LogP contribution in [0.15, 0.2) is 12.2 Å². The van der Waals surface area contributed by atoms with E-state index in [1.807, 2.05) is 0 Å². The summed E-state index contributed by atoms with van der Waals surface area (Å²) in [5.41, 5.74) is -1.00. The normalized spacial score (nSPS) is 33.8. The average Bonchev–Trinajstić information content (AvgIpc) is 2.72. The summed E-state index contributed by atoms with van der Waals surface area (Å²) >= 11 is 0. The first-order chi connectivity index (χ1) is 7.47. The zero-order valence-corrected chi connectivity index (χ0v) is 8.97. The average molecular weight is 223 g/mol. The van der Waals surface area contributed by atoms with Gasteiger partial charge in [0.1, 0.15) is 0 Å². The topological polar surface area (TPSA) is 74.7 Å². The Morgan fingerprint density at radius 2 is 2.00 bits per heavy atom. The van der Waals surface area contributed by atoms with Crippen molar-refractivity contribution in [2.24, 2.45) is 5.41 Å². The molecule has 86 valence electrons. The second kappa shape index (κ2) is 3.43. The molecule has 1 fully saturated rings. The molecule has 0 aromatic rings. The van der Waals surface area contributed by atoms with Gasteiger partial charge in [-0.15, -0.1) is 0 Å². The molecule has 16 heavy (non-hydrogen) atoms. The Kier molecular flexibility index (Phi) is 2.33. The quantitative estimate of drug-likeness (QED) is 0.694. The second-order valence-corrected chi connectivity index (χ2v) is 4.51. The van der Waals surface area contributed by atoms with Gasteiger partial charge >= 0.3 is 5.97 Å². The molecule has 5 nitrogen and oxygen atoms in total. The highest BCUT2D eigenvalue weighted by Crippen LogP contribution is 2.42. The third-order valence-electron chi connectivity index (χ3n) is 3.55. The number of rotatable bonds is 2. The van der Waals surface area contributed by atoms with Gasteiger partial charge in [-0.3, -0.25) is 19.3 Å². The lowest BCUT2D eigenvalue weighted by molar-refractivity contribution is -0.154. The van der Waals surface area contributed by atoms with Crippen LogP contribution in [0.3, 0.4) is 0 Å². The van der Waals surface area contributed by atoms with Crippen LogP contribution in [0.4, 0.5) is 0 Å². The number of carboxylic acids is 1. The van der Waals surface area contributed by atoms with Gasteiger partial charge in [-0.1, -0.05) is 6.42 Å². The van der Waals surface area contributed by atoms with E-state index in [0.717, 1.165) is 11.3 Å². The van der Waals surface area contributed by atoms with Crippen molar-refractivity contribution in [2.45, 2.75) is 32.2 Å². The van der Waals surface area contributed by atoms with Crippen LogP contribution >= 0.6 is 0 Å². The minimum absolute atomic E-state index is 0.399. The molecule has 1 N–H and O–H groups in total. The molecule has 1 saturated carbocycles. The van der Waals surface area contributed by atoms with E-state index in [1.165, 1.54) is 12.2 Å². The second-order valence-electron chi connectivity index (χ2n) is 4.51. The number of carbonyl (C=O) groups is 3. The van der Waals surface area contributed by atoms with Crippen molar-refractivity contribution in [2.75, 3.05) is 0 Å². The highest BCUT2D eigenvalue weighted by atomic mass is 16.4. The molecule has 5 heteroatoms. The van der Waals surface area contributed by atoms with Gasteiger partial charge in [0.25, 0.3) is 11.8 Å². The number of carboxylic acid groups (broad SMARTS) is 1. The Morgan fingerprint density at radius 3 is 2.50 bits per heavy atom. The summed E-state index contributed by atoms with van der Waals surface area (Å²) in [6.07, 6.45) is 4.20. The number of imide groups is 1. The first kappa shape index (κ1) is 10.9. The number of carbonyl (C=O) groups excluding carboxylic acids is 2. The fraction of sp³-hybridized carbons (Fsp3) is 0.545. The van der Waals surface area contributed by atoms with Gasteiger partial charge in [0, 0.05) is 12.2 Å². The summed E-state index contributed by atoms with van der Waals surface area (Å²) in [4.78, 5) is 35.3.